The van der Waals surface area contributed by atoms with Gasteiger partial charge >= 0.3 is 0 Å². The van der Waals surface area contributed by atoms with Gasteiger partial charge in [-0.2, -0.15) is 0 Å². The molecule has 3 N–H and O–H groups in total. The molecule has 0 atom stereocenters. The number of carbonyl (C=O) groups excluding carboxylic acids is 1. The SMILES string of the molecule is CNc1ncnc2cc(C(=O)Nc3ccc(C4=CCNCC4)cc3)ccc12. The number of carbonyl (C=O) groups is 1. The summed E-state index contributed by atoms with van der Waals surface area (Å²) in [5.41, 5.74) is 4.62. The highest BCUT2D eigenvalue weighted by Crippen LogP contribution is 2.23. The Balaban J connectivity index is 1.52. The van der Waals surface area contributed by atoms with E-state index in [1.807, 2.05) is 25.2 Å². The van der Waals surface area contributed by atoms with Gasteiger partial charge in [-0.25, -0.2) is 9.97 Å². The van der Waals surface area contributed by atoms with Crippen LogP contribution in [0, 0.1) is 0 Å². The van der Waals surface area contributed by atoms with Crippen LogP contribution in [0.15, 0.2) is 54.9 Å². The summed E-state index contributed by atoms with van der Waals surface area (Å²) in [5.74, 6) is 0.588. The zero-order valence-electron chi connectivity index (χ0n) is 15.1. The maximum absolute atomic E-state index is 12.6. The molecule has 1 amide bonds. The molecule has 2 heterocycles. The Morgan fingerprint density at radius 1 is 1.11 bits per heavy atom. The lowest BCUT2D eigenvalue weighted by atomic mass is 10.00. The number of hydrogen-bond donors (Lipinski definition) is 3. The van der Waals surface area contributed by atoms with Gasteiger partial charge in [-0.15, -0.1) is 0 Å². The second-order valence-electron chi connectivity index (χ2n) is 6.42. The molecule has 0 unspecified atom stereocenters. The van der Waals surface area contributed by atoms with Crippen LogP contribution in [0.2, 0.25) is 0 Å². The van der Waals surface area contributed by atoms with Crippen molar-refractivity contribution in [2.75, 3.05) is 30.8 Å². The highest BCUT2D eigenvalue weighted by atomic mass is 16.1. The molecule has 0 aliphatic carbocycles. The van der Waals surface area contributed by atoms with Crippen LogP contribution in [0.3, 0.4) is 0 Å². The maximum Gasteiger partial charge on any atom is 0.255 e. The first-order chi connectivity index (χ1) is 13.2. The van der Waals surface area contributed by atoms with Crippen molar-refractivity contribution in [1.29, 1.82) is 0 Å². The average molecular weight is 359 g/mol. The van der Waals surface area contributed by atoms with Gasteiger partial charge in [0.15, 0.2) is 0 Å². The molecule has 2 aromatic carbocycles. The van der Waals surface area contributed by atoms with E-state index in [1.54, 1.807) is 12.1 Å². The number of benzene rings is 2. The van der Waals surface area contributed by atoms with Gasteiger partial charge in [0.05, 0.1) is 5.52 Å². The van der Waals surface area contributed by atoms with E-state index in [4.69, 9.17) is 0 Å². The monoisotopic (exact) mass is 359 g/mol. The third kappa shape index (κ3) is 3.66. The maximum atomic E-state index is 12.6. The molecular weight excluding hydrogens is 338 g/mol. The van der Waals surface area contributed by atoms with Crippen LogP contribution in [-0.2, 0) is 0 Å². The number of aromatic nitrogens is 2. The summed E-state index contributed by atoms with van der Waals surface area (Å²) in [4.78, 5) is 21.1. The minimum absolute atomic E-state index is 0.157. The van der Waals surface area contributed by atoms with Crippen molar-refractivity contribution in [1.82, 2.24) is 15.3 Å². The van der Waals surface area contributed by atoms with Gasteiger partial charge in [0.2, 0.25) is 0 Å². The quantitative estimate of drug-likeness (QED) is 0.666. The van der Waals surface area contributed by atoms with Crippen molar-refractivity contribution in [2.24, 2.45) is 0 Å². The van der Waals surface area contributed by atoms with Gasteiger partial charge < -0.3 is 16.0 Å². The number of nitrogens with zero attached hydrogens (tertiary/aromatic N) is 2. The van der Waals surface area contributed by atoms with Crippen LogP contribution < -0.4 is 16.0 Å². The van der Waals surface area contributed by atoms with Crippen molar-refractivity contribution in [2.45, 2.75) is 6.42 Å². The van der Waals surface area contributed by atoms with Crippen LogP contribution in [0.5, 0.6) is 0 Å². The minimum atomic E-state index is -0.157. The number of rotatable bonds is 4. The van der Waals surface area contributed by atoms with Crippen molar-refractivity contribution in [3.8, 4) is 0 Å². The second-order valence-corrected chi connectivity index (χ2v) is 6.42. The molecule has 0 radical (unpaired) electrons. The lowest BCUT2D eigenvalue weighted by molar-refractivity contribution is 0.102. The van der Waals surface area contributed by atoms with E-state index in [2.05, 4.69) is 44.1 Å². The van der Waals surface area contributed by atoms with E-state index in [-0.39, 0.29) is 5.91 Å². The van der Waals surface area contributed by atoms with Crippen LogP contribution >= 0.6 is 0 Å². The largest absolute Gasteiger partial charge is 0.373 e. The Bertz CT molecular complexity index is 1010. The Hall–Kier alpha value is -3.25. The van der Waals surface area contributed by atoms with E-state index in [0.29, 0.717) is 5.56 Å². The van der Waals surface area contributed by atoms with Gasteiger partial charge in [-0.1, -0.05) is 18.2 Å². The fraction of sp³-hybridized carbons (Fsp3) is 0.190. The lowest BCUT2D eigenvalue weighted by Gasteiger charge is -2.14. The molecule has 0 saturated heterocycles. The topological polar surface area (TPSA) is 78.9 Å². The number of nitrogens with one attached hydrogen (secondary N) is 3. The van der Waals surface area contributed by atoms with Gasteiger partial charge in [-0.3, -0.25) is 4.79 Å². The third-order valence-electron chi connectivity index (χ3n) is 4.71. The van der Waals surface area contributed by atoms with Crippen molar-refractivity contribution < 1.29 is 4.79 Å². The summed E-state index contributed by atoms with van der Waals surface area (Å²) >= 11 is 0. The number of hydrogen-bond acceptors (Lipinski definition) is 5. The predicted octanol–water partition coefficient (Wildman–Crippen LogP) is 3.30. The predicted molar refractivity (Wildman–Crippen MR) is 109 cm³/mol. The zero-order valence-corrected chi connectivity index (χ0v) is 15.1. The molecule has 0 saturated carbocycles. The molecule has 27 heavy (non-hydrogen) atoms. The van der Waals surface area contributed by atoms with Gasteiger partial charge in [0, 0.05) is 30.2 Å². The molecule has 0 fully saturated rings. The molecule has 3 aromatic rings. The Morgan fingerprint density at radius 3 is 2.70 bits per heavy atom. The van der Waals surface area contributed by atoms with E-state index in [1.165, 1.54) is 17.5 Å². The second kappa shape index (κ2) is 7.55. The molecule has 1 aliphatic heterocycles. The Kier molecular flexibility index (Phi) is 4.80. The van der Waals surface area contributed by atoms with Gasteiger partial charge in [0.25, 0.3) is 5.91 Å². The van der Waals surface area contributed by atoms with E-state index < -0.39 is 0 Å². The lowest BCUT2D eigenvalue weighted by Crippen LogP contribution is -2.20. The fourth-order valence-electron chi connectivity index (χ4n) is 3.25. The average Bonchev–Trinajstić information content (AvgIpc) is 2.74. The molecule has 136 valence electrons. The summed E-state index contributed by atoms with van der Waals surface area (Å²) in [5, 5.41) is 10.2. The molecule has 1 aliphatic rings. The van der Waals surface area contributed by atoms with Crippen molar-refractivity contribution in [3.05, 3.63) is 66.0 Å². The Labute approximate surface area is 157 Å². The van der Waals surface area contributed by atoms with E-state index >= 15 is 0 Å². The van der Waals surface area contributed by atoms with Crippen LogP contribution in [0.25, 0.3) is 16.5 Å². The molecule has 4 rings (SSSR count). The highest BCUT2D eigenvalue weighted by Gasteiger charge is 2.10. The number of anilines is 2. The molecule has 6 heteroatoms. The van der Waals surface area contributed by atoms with Crippen molar-refractivity contribution >= 4 is 33.9 Å². The normalized spacial score (nSPS) is 13.9. The van der Waals surface area contributed by atoms with Crippen molar-refractivity contribution in [3.63, 3.8) is 0 Å². The molecule has 0 bridgehead atoms. The van der Waals surface area contributed by atoms with Gasteiger partial charge in [0.1, 0.15) is 12.1 Å². The highest BCUT2D eigenvalue weighted by molar-refractivity contribution is 6.06. The van der Waals surface area contributed by atoms with Crippen LogP contribution in [0.1, 0.15) is 22.3 Å². The number of fused-ring (bicyclic) bond motifs is 1. The summed E-state index contributed by atoms with van der Waals surface area (Å²) in [6.07, 6.45) is 4.73. The summed E-state index contributed by atoms with van der Waals surface area (Å²) < 4.78 is 0. The first-order valence-corrected chi connectivity index (χ1v) is 8.98. The molecular formula is C21H21N5O. The minimum Gasteiger partial charge on any atom is -0.373 e. The summed E-state index contributed by atoms with van der Waals surface area (Å²) in [6.45, 7) is 1.92. The standard InChI is InChI=1S/C21H21N5O/c1-22-20-18-7-4-16(12-19(18)24-13-25-20)21(27)26-17-5-2-14(3-6-17)15-8-10-23-11-9-15/h2-8,12-13,23H,9-11H2,1H3,(H,26,27)(H,22,24,25). The first-order valence-electron chi connectivity index (χ1n) is 8.98. The molecule has 6 nitrogen and oxygen atoms in total. The Morgan fingerprint density at radius 2 is 1.96 bits per heavy atom. The molecule has 0 spiro atoms. The zero-order chi connectivity index (χ0) is 18.6. The van der Waals surface area contributed by atoms with E-state index in [9.17, 15) is 4.79 Å². The first kappa shape index (κ1) is 17.2. The number of amides is 1. The van der Waals surface area contributed by atoms with Crippen LogP contribution in [-0.4, -0.2) is 36.0 Å². The summed E-state index contributed by atoms with van der Waals surface area (Å²) in [7, 11) is 1.81. The van der Waals surface area contributed by atoms with E-state index in [0.717, 1.165) is 41.9 Å². The van der Waals surface area contributed by atoms with Gasteiger partial charge in [-0.05, 0) is 54.4 Å². The van der Waals surface area contributed by atoms with Crippen LogP contribution in [0.4, 0.5) is 11.5 Å². The molecule has 1 aromatic heterocycles. The third-order valence-corrected chi connectivity index (χ3v) is 4.71. The smallest absolute Gasteiger partial charge is 0.255 e. The summed E-state index contributed by atoms with van der Waals surface area (Å²) in [6, 6.07) is 13.4. The fourth-order valence-corrected chi connectivity index (χ4v) is 3.25.